The standard InChI is InChI=1S/C23H24FN3O4S/c24-16-6-7-17-21(14-16)32-23(25-17)27(9-3-8-26-10-12-29-13-11-26)22(28)20-15-30-18-4-1-2-5-19(18)31-20/h1-2,4-7,14,20H,3,8-13,15H2/t20-/m1/s1. The van der Waals surface area contributed by atoms with E-state index in [1.165, 1.54) is 23.5 Å². The zero-order chi connectivity index (χ0) is 21.9. The van der Waals surface area contributed by atoms with E-state index in [2.05, 4.69) is 9.88 Å². The Labute approximate surface area is 189 Å². The fourth-order valence-electron chi connectivity index (χ4n) is 3.89. The second-order valence-corrected chi connectivity index (χ2v) is 8.78. The summed E-state index contributed by atoms with van der Waals surface area (Å²) in [5.74, 6) is 0.655. The molecule has 0 unspecified atom stereocenters. The SMILES string of the molecule is O=C([C@H]1COc2ccccc2O1)N(CCCN1CCOCC1)c1nc2ccc(F)cc2s1. The number of thiazole rings is 1. The molecular formula is C23H24FN3O4S. The maximum Gasteiger partial charge on any atom is 0.273 e. The largest absolute Gasteiger partial charge is 0.485 e. The van der Waals surface area contributed by atoms with Crippen molar-refractivity contribution >= 4 is 32.6 Å². The molecule has 5 rings (SSSR count). The van der Waals surface area contributed by atoms with E-state index in [1.54, 1.807) is 17.0 Å². The minimum Gasteiger partial charge on any atom is -0.485 e. The van der Waals surface area contributed by atoms with Gasteiger partial charge in [0.05, 0.1) is 23.4 Å². The van der Waals surface area contributed by atoms with Crippen LogP contribution in [0.25, 0.3) is 10.2 Å². The van der Waals surface area contributed by atoms with Gasteiger partial charge in [0, 0.05) is 26.2 Å². The van der Waals surface area contributed by atoms with Crippen molar-refractivity contribution in [1.82, 2.24) is 9.88 Å². The van der Waals surface area contributed by atoms with Crippen LogP contribution in [0.4, 0.5) is 9.52 Å². The van der Waals surface area contributed by atoms with Gasteiger partial charge in [-0.2, -0.15) is 0 Å². The van der Waals surface area contributed by atoms with E-state index in [1.807, 2.05) is 18.2 Å². The Hall–Kier alpha value is -2.75. The molecule has 1 saturated heterocycles. The Morgan fingerprint density at radius 1 is 1.19 bits per heavy atom. The van der Waals surface area contributed by atoms with E-state index in [0.29, 0.717) is 33.4 Å². The molecular weight excluding hydrogens is 433 g/mol. The van der Waals surface area contributed by atoms with Crippen LogP contribution in [0.5, 0.6) is 11.5 Å². The Morgan fingerprint density at radius 2 is 2.00 bits per heavy atom. The van der Waals surface area contributed by atoms with E-state index in [4.69, 9.17) is 14.2 Å². The first kappa shape index (κ1) is 21.1. The molecule has 2 aliphatic rings. The van der Waals surface area contributed by atoms with Gasteiger partial charge in [0.1, 0.15) is 12.4 Å². The summed E-state index contributed by atoms with van der Waals surface area (Å²) in [5.41, 5.74) is 0.670. The second-order valence-electron chi connectivity index (χ2n) is 7.77. The number of carbonyl (C=O) groups excluding carboxylic acids is 1. The van der Waals surface area contributed by atoms with Gasteiger partial charge in [0.25, 0.3) is 5.91 Å². The minimum absolute atomic E-state index is 0.134. The monoisotopic (exact) mass is 457 g/mol. The molecule has 0 spiro atoms. The minimum atomic E-state index is -0.767. The molecule has 3 heterocycles. The van der Waals surface area contributed by atoms with Gasteiger partial charge >= 0.3 is 0 Å². The van der Waals surface area contributed by atoms with Gasteiger partial charge in [-0.3, -0.25) is 14.6 Å². The molecule has 1 aromatic heterocycles. The van der Waals surface area contributed by atoms with Crippen molar-refractivity contribution in [1.29, 1.82) is 0 Å². The van der Waals surface area contributed by atoms with Crippen LogP contribution in [0.3, 0.4) is 0 Å². The maximum atomic E-state index is 13.7. The number of rotatable bonds is 6. The van der Waals surface area contributed by atoms with Crippen LogP contribution in [0.15, 0.2) is 42.5 Å². The molecule has 0 saturated carbocycles. The van der Waals surface area contributed by atoms with Crippen molar-refractivity contribution in [3.63, 3.8) is 0 Å². The van der Waals surface area contributed by atoms with Crippen molar-refractivity contribution in [3.8, 4) is 11.5 Å². The van der Waals surface area contributed by atoms with Crippen LogP contribution < -0.4 is 14.4 Å². The molecule has 168 valence electrons. The summed E-state index contributed by atoms with van der Waals surface area (Å²) in [6.45, 7) is 4.74. The lowest BCUT2D eigenvalue weighted by Gasteiger charge is -2.31. The van der Waals surface area contributed by atoms with E-state index in [0.717, 1.165) is 39.3 Å². The van der Waals surface area contributed by atoms with Crippen LogP contribution in [-0.4, -0.2) is 67.9 Å². The van der Waals surface area contributed by atoms with Crippen LogP contribution in [-0.2, 0) is 9.53 Å². The third kappa shape index (κ3) is 4.55. The van der Waals surface area contributed by atoms with Crippen LogP contribution in [0.1, 0.15) is 6.42 Å². The van der Waals surface area contributed by atoms with Crippen LogP contribution in [0.2, 0.25) is 0 Å². The lowest BCUT2D eigenvalue weighted by atomic mass is 10.2. The molecule has 9 heteroatoms. The lowest BCUT2D eigenvalue weighted by molar-refractivity contribution is -0.127. The highest BCUT2D eigenvalue weighted by Crippen LogP contribution is 2.33. The number of para-hydroxylation sites is 2. The average molecular weight is 458 g/mol. The summed E-state index contributed by atoms with van der Waals surface area (Å²) < 4.78 is 31.5. The number of halogens is 1. The molecule has 32 heavy (non-hydrogen) atoms. The number of hydrogen-bond donors (Lipinski definition) is 0. The summed E-state index contributed by atoms with van der Waals surface area (Å²) in [7, 11) is 0. The van der Waals surface area contributed by atoms with Gasteiger partial charge < -0.3 is 14.2 Å². The summed E-state index contributed by atoms with van der Waals surface area (Å²) in [6, 6.07) is 11.8. The number of carbonyl (C=O) groups is 1. The third-order valence-corrected chi connectivity index (χ3v) is 6.62. The molecule has 0 bridgehead atoms. The topological polar surface area (TPSA) is 64.1 Å². The molecule has 2 aromatic carbocycles. The molecule has 0 N–H and O–H groups in total. The first-order valence-corrected chi connectivity index (χ1v) is 11.5. The molecule has 0 radical (unpaired) electrons. The first-order chi connectivity index (χ1) is 15.7. The highest BCUT2D eigenvalue weighted by atomic mass is 32.1. The predicted octanol–water partition coefficient (Wildman–Crippen LogP) is 3.33. The lowest BCUT2D eigenvalue weighted by Crippen LogP contribution is -2.47. The van der Waals surface area contributed by atoms with E-state index in [-0.39, 0.29) is 18.3 Å². The predicted molar refractivity (Wildman–Crippen MR) is 120 cm³/mol. The average Bonchev–Trinajstić information content (AvgIpc) is 3.24. The van der Waals surface area contributed by atoms with E-state index < -0.39 is 6.10 Å². The van der Waals surface area contributed by atoms with Gasteiger partial charge in [-0.15, -0.1) is 0 Å². The van der Waals surface area contributed by atoms with Gasteiger partial charge in [0.15, 0.2) is 16.6 Å². The fraction of sp³-hybridized carbons (Fsp3) is 0.391. The number of aromatic nitrogens is 1. The van der Waals surface area contributed by atoms with Crippen LogP contribution >= 0.6 is 11.3 Å². The molecule has 7 nitrogen and oxygen atoms in total. The van der Waals surface area contributed by atoms with Crippen molar-refractivity contribution in [2.24, 2.45) is 0 Å². The van der Waals surface area contributed by atoms with Crippen molar-refractivity contribution in [2.45, 2.75) is 12.5 Å². The highest BCUT2D eigenvalue weighted by Gasteiger charge is 2.33. The number of morpholine rings is 1. The quantitative estimate of drug-likeness (QED) is 0.566. The third-order valence-electron chi connectivity index (χ3n) is 5.58. The maximum absolute atomic E-state index is 13.7. The zero-order valence-corrected chi connectivity index (χ0v) is 18.4. The number of benzene rings is 2. The Morgan fingerprint density at radius 3 is 2.84 bits per heavy atom. The Bertz CT molecular complexity index is 1100. The fourth-order valence-corrected chi connectivity index (χ4v) is 4.92. The van der Waals surface area contributed by atoms with Crippen molar-refractivity contribution in [2.75, 3.05) is 50.9 Å². The van der Waals surface area contributed by atoms with Crippen molar-refractivity contribution in [3.05, 3.63) is 48.3 Å². The van der Waals surface area contributed by atoms with Gasteiger partial charge in [-0.1, -0.05) is 23.5 Å². The summed E-state index contributed by atoms with van der Waals surface area (Å²) in [4.78, 5) is 22.1. The highest BCUT2D eigenvalue weighted by molar-refractivity contribution is 7.22. The summed E-state index contributed by atoms with van der Waals surface area (Å²) >= 11 is 1.31. The number of fused-ring (bicyclic) bond motifs is 2. The number of nitrogens with zero attached hydrogens (tertiary/aromatic N) is 3. The van der Waals surface area contributed by atoms with Crippen molar-refractivity contribution < 1.29 is 23.4 Å². The molecule has 0 aliphatic carbocycles. The summed E-state index contributed by atoms with van der Waals surface area (Å²) in [6.07, 6.45) is 0.0113. The number of amides is 1. The number of ether oxygens (including phenoxy) is 3. The molecule has 1 atom stereocenters. The Balaban J connectivity index is 1.36. The smallest absolute Gasteiger partial charge is 0.273 e. The first-order valence-electron chi connectivity index (χ1n) is 10.7. The molecule has 3 aromatic rings. The number of anilines is 1. The van der Waals surface area contributed by atoms with Gasteiger partial charge in [0.2, 0.25) is 6.10 Å². The molecule has 1 amide bonds. The number of hydrogen-bond acceptors (Lipinski definition) is 7. The normalized spacial score (nSPS) is 18.6. The van der Waals surface area contributed by atoms with Crippen LogP contribution in [0, 0.1) is 5.82 Å². The van der Waals surface area contributed by atoms with Gasteiger partial charge in [-0.05, 0) is 36.8 Å². The molecule has 1 fully saturated rings. The Kier molecular flexibility index (Phi) is 6.20. The molecule has 2 aliphatic heterocycles. The van der Waals surface area contributed by atoms with E-state index in [9.17, 15) is 9.18 Å². The zero-order valence-electron chi connectivity index (χ0n) is 17.5. The summed E-state index contributed by atoms with van der Waals surface area (Å²) in [5, 5.41) is 0.542. The van der Waals surface area contributed by atoms with E-state index >= 15 is 0 Å². The van der Waals surface area contributed by atoms with Gasteiger partial charge in [-0.25, -0.2) is 9.37 Å². The second kappa shape index (κ2) is 9.40.